The number of ether oxygens (including phenoxy) is 1. The Kier molecular flexibility index (Phi) is 10.9. The van der Waals surface area contributed by atoms with E-state index in [-0.39, 0.29) is 36.5 Å². The molecular weight excluding hydrogens is 392 g/mol. The van der Waals surface area contributed by atoms with Gasteiger partial charge in [0.1, 0.15) is 17.3 Å². The van der Waals surface area contributed by atoms with Crippen molar-refractivity contribution >= 4 is 30.7 Å². The number of nitrogens with two attached hydrogens (primary N) is 1. The molecule has 3 N–H and O–H groups in total. The Balaban J connectivity index is 0.00000338. The lowest BCUT2D eigenvalue weighted by Crippen LogP contribution is -2.45. The molecule has 2 rings (SSSR count). The number of carbonyl (C=O) groups is 1. The monoisotopic (exact) mass is 417 g/mol. The number of hydrogen-bond donors (Lipinski definition) is 2. The molecule has 0 bridgehead atoms. The molecule has 0 unspecified atom stereocenters. The third-order valence-corrected chi connectivity index (χ3v) is 4.49. The molecule has 1 aromatic carbocycles. The van der Waals surface area contributed by atoms with E-state index >= 15 is 0 Å². The first-order valence-electron chi connectivity index (χ1n) is 8.39. The Hall–Kier alpha value is -1.89. The fourth-order valence-corrected chi connectivity index (χ4v) is 2.57. The van der Waals surface area contributed by atoms with Crippen molar-refractivity contribution in [3.05, 3.63) is 54.1 Å². The van der Waals surface area contributed by atoms with Crippen molar-refractivity contribution in [2.75, 3.05) is 6.54 Å². The highest BCUT2D eigenvalue weighted by atomic mass is 35.5. The van der Waals surface area contributed by atoms with Crippen LogP contribution in [0.5, 0.6) is 11.5 Å². The minimum absolute atomic E-state index is 0. The summed E-state index contributed by atoms with van der Waals surface area (Å²) in [7, 11) is 0. The molecule has 0 aliphatic heterocycles. The van der Waals surface area contributed by atoms with Crippen molar-refractivity contribution in [3.8, 4) is 11.5 Å². The lowest BCUT2D eigenvalue weighted by Gasteiger charge is -2.28. The van der Waals surface area contributed by atoms with Crippen molar-refractivity contribution in [1.82, 2.24) is 10.3 Å². The van der Waals surface area contributed by atoms with Crippen molar-refractivity contribution in [1.29, 1.82) is 0 Å². The number of hydrogen-bond acceptors (Lipinski definition) is 4. The summed E-state index contributed by atoms with van der Waals surface area (Å²) in [6.45, 7) is 4.53. The molecule has 1 aromatic heterocycles. The van der Waals surface area contributed by atoms with Crippen LogP contribution in [0.25, 0.3) is 0 Å². The van der Waals surface area contributed by atoms with Gasteiger partial charge in [-0.25, -0.2) is 4.39 Å². The van der Waals surface area contributed by atoms with Crippen LogP contribution in [0, 0.1) is 11.2 Å². The van der Waals surface area contributed by atoms with Gasteiger partial charge < -0.3 is 15.8 Å². The molecule has 8 heteroatoms. The summed E-state index contributed by atoms with van der Waals surface area (Å²) in [6.07, 6.45) is 2.98. The number of pyridine rings is 1. The van der Waals surface area contributed by atoms with Gasteiger partial charge >= 0.3 is 0 Å². The number of aromatic nitrogens is 1. The van der Waals surface area contributed by atoms with Gasteiger partial charge in [0.05, 0.1) is 17.7 Å². The maximum absolute atomic E-state index is 12.9. The van der Waals surface area contributed by atoms with Gasteiger partial charge in [-0.3, -0.25) is 9.78 Å². The van der Waals surface area contributed by atoms with Crippen molar-refractivity contribution < 1.29 is 13.9 Å². The van der Waals surface area contributed by atoms with Gasteiger partial charge in [-0.1, -0.05) is 13.8 Å². The predicted octanol–water partition coefficient (Wildman–Crippen LogP) is 4.24. The lowest BCUT2D eigenvalue weighted by atomic mass is 9.81. The molecule has 0 fully saturated rings. The fourth-order valence-electron chi connectivity index (χ4n) is 2.57. The van der Waals surface area contributed by atoms with Crippen LogP contribution in [0.15, 0.2) is 42.6 Å². The van der Waals surface area contributed by atoms with Crippen LogP contribution in [-0.4, -0.2) is 17.4 Å². The van der Waals surface area contributed by atoms with Gasteiger partial charge in [-0.05, 0) is 43.2 Å². The summed E-state index contributed by atoms with van der Waals surface area (Å²) < 4.78 is 18.6. The molecule has 0 spiro atoms. The highest BCUT2D eigenvalue weighted by Gasteiger charge is 2.32. The number of halogens is 3. The minimum Gasteiger partial charge on any atom is -0.457 e. The first kappa shape index (κ1) is 25.1. The highest BCUT2D eigenvalue weighted by molar-refractivity contribution is 5.85. The SMILES string of the molecule is CCC(CC)(CN)C(=O)NCc1cc(Oc2ccc(F)cc2)ccn1.Cl.Cl. The van der Waals surface area contributed by atoms with Crippen LogP contribution in [0.3, 0.4) is 0 Å². The third-order valence-electron chi connectivity index (χ3n) is 4.49. The maximum Gasteiger partial charge on any atom is 0.227 e. The molecule has 0 aliphatic rings. The molecule has 1 amide bonds. The molecule has 0 saturated carbocycles. The highest BCUT2D eigenvalue weighted by Crippen LogP contribution is 2.25. The lowest BCUT2D eigenvalue weighted by molar-refractivity contribution is -0.131. The number of carbonyl (C=O) groups excluding carboxylic acids is 1. The molecule has 5 nitrogen and oxygen atoms in total. The third kappa shape index (κ3) is 6.65. The van der Waals surface area contributed by atoms with Crippen LogP contribution < -0.4 is 15.8 Å². The number of rotatable bonds is 8. The van der Waals surface area contributed by atoms with Gasteiger partial charge in [0.25, 0.3) is 0 Å². The van der Waals surface area contributed by atoms with Gasteiger partial charge in [-0.15, -0.1) is 24.8 Å². The largest absolute Gasteiger partial charge is 0.457 e. The number of benzene rings is 1. The first-order chi connectivity index (χ1) is 12.0. The van der Waals surface area contributed by atoms with Crippen LogP contribution in [0.4, 0.5) is 4.39 Å². The molecule has 0 radical (unpaired) electrons. The molecule has 2 aromatic rings. The standard InChI is InChI=1S/C19H24FN3O2.2ClH/c1-3-19(4-2,13-21)18(24)23-12-15-11-17(9-10-22-15)25-16-7-5-14(20)6-8-16;;/h5-11H,3-4,12-13,21H2,1-2H3,(H,23,24);2*1H. The molecule has 0 atom stereocenters. The van der Waals surface area contributed by atoms with E-state index < -0.39 is 5.41 Å². The first-order valence-corrected chi connectivity index (χ1v) is 8.39. The van der Waals surface area contributed by atoms with Gasteiger partial charge in [0, 0.05) is 18.8 Å². The fraction of sp³-hybridized carbons (Fsp3) is 0.368. The topological polar surface area (TPSA) is 77.2 Å². The molecule has 150 valence electrons. The maximum atomic E-state index is 12.9. The molecular formula is C19H26Cl2FN3O2. The van der Waals surface area contributed by atoms with E-state index in [9.17, 15) is 9.18 Å². The predicted molar refractivity (Wildman–Crippen MR) is 109 cm³/mol. The van der Waals surface area contributed by atoms with E-state index in [4.69, 9.17) is 10.5 Å². The summed E-state index contributed by atoms with van der Waals surface area (Å²) in [5.74, 6) is 0.719. The van der Waals surface area contributed by atoms with Crippen LogP contribution in [0.1, 0.15) is 32.4 Å². The summed E-state index contributed by atoms with van der Waals surface area (Å²) in [5.41, 5.74) is 5.93. The Morgan fingerprint density at radius 1 is 1.15 bits per heavy atom. The van der Waals surface area contributed by atoms with Crippen LogP contribution in [0.2, 0.25) is 0 Å². The Morgan fingerprint density at radius 3 is 2.33 bits per heavy atom. The zero-order chi connectivity index (χ0) is 18.3. The van der Waals surface area contributed by atoms with Crippen molar-refractivity contribution in [2.45, 2.75) is 33.2 Å². The molecule has 0 aliphatic carbocycles. The smallest absolute Gasteiger partial charge is 0.227 e. The van der Waals surface area contributed by atoms with E-state index in [1.54, 1.807) is 30.5 Å². The number of nitrogens with zero attached hydrogens (tertiary/aromatic N) is 1. The zero-order valence-corrected chi connectivity index (χ0v) is 17.0. The van der Waals surface area contributed by atoms with Crippen LogP contribution in [-0.2, 0) is 11.3 Å². The van der Waals surface area contributed by atoms with E-state index in [1.165, 1.54) is 12.1 Å². The average Bonchev–Trinajstić information content (AvgIpc) is 2.64. The molecule has 1 heterocycles. The van der Waals surface area contributed by atoms with E-state index in [2.05, 4.69) is 10.3 Å². The Labute approximate surface area is 171 Å². The summed E-state index contributed by atoms with van der Waals surface area (Å²) in [4.78, 5) is 16.7. The van der Waals surface area contributed by atoms with Crippen molar-refractivity contribution in [2.24, 2.45) is 11.1 Å². The van der Waals surface area contributed by atoms with E-state index in [1.807, 2.05) is 13.8 Å². The van der Waals surface area contributed by atoms with Crippen LogP contribution >= 0.6 is 24.8 Å². The Bertz CT molecular complexity index is 702. The summed E-state index contributed by atoms with van der Waals surface area (Å²) >= 11 is 0. The molecule has 0 saturated heterocycles. The quantitative estimate of drug-likeness (QED) is 0.673. The van der Waals surface area contributed by atoms with Gasteiger partial charge in [-0.2, -0.15) is 0 Å². The average molecular weight is 418 g/mol. The number of nitrogens with one attached hydrogen (secondary N) is 1. The zero-order valence-electron chi connectivity index (χ0n) is 15.4. The second kappa shape index (κ2) is 11.7. The van der Waals surface area contributed by atoms with Gasteiger partial charge in [0.2, 0.25) is 5.91 Å². The van der Waals surface area contributed by atoms with E-state index in [0.717, 1.165) is 0 Å². The Morgan fingerprint density at radius 2 is 1.78 bits per heavy atom. The van der Waals surface area contributed by atoms with Gasteiger partial charge in [0.15, 0.2) is 0 Å². The minimum atomic E-state index is -0.539. The molecule has 27 heavy (non-hydrogen) atoms. The van der Waals surface area contributed by atoms with Crippen molar-refractivity contribution in [3.63, 3.8) is 0 Å². The second-order valence-electron chi connectivity index (χ2n) is 5.91. The normalized spacial score (nSPS) is 10.4. The summed E-state index contributed by atoms with van der Waals surface area (Å²) in [5, 5.41) is 2.90. The second-order valence-corrected chi connectivity index (χ2v) is 5.91. The summed E-state index contributed by atoms with van der Waals surface area (Å²) in [6, 6.07) is 9.21. The van der Waals surface area contributed by atoms with E-state index in [0.29, 0.717) is 43.1 Å². The number of amides is 1.